The number of halogens is 1. The van der Waals surface area contributed by atoms with Crippen molar-refractivity contribution in [3.63, 3.8) is 0 Å². The van der Waals surface area contributed by atoms with Gasteiger partial charge in [0.2, 0.25) is 0 Å². The van der Waals surface area contributed by atoms with Crippen LogP contribution in [0.1, 0.15) is 0 Å². The highest BCUT2D eigenvalue weighted by molar-refractivity contribution is 7.12. The summed E-state index contributed by atoms with van der Waals surface area (Å²) in [5.74, 6) is 0.498. The third-order valence-corrected chi connectivity index (χ3v) is 2.89. The van der Waals surface area contributed by atoms with Gasteiger partial charge < -0.3 is 0 Å². The summed E-state index contributed by atoms with van der Waals surface area (Å²) in [4.78, 5) is 19.6. The minimum Gasteiger partial charge on any atom is -0.255 e. The Kier molecular flexibility index (Phi) is 1.74. The summed E-state index contributed by atoms with van der Waals surface area (Å²) in [6.07, 6.45) is 1.61. The van der Waals surface area contributed by atoms with E-state index in [1.807, 2.05) is 0 Å². The van der Waals surface area contributed by atoms with Crippen LogP contribution in [0.2, 0.25) is 5.15 Å². The molecule has 0 spiro atoms. The Morgan fingerprint density at radius 3 is 3.13 bits per heavy atom. The van der Waals surface area contributed by atoms with Gasteiger partial charge in [-0.3, -0.25) is 4.79 Å². The third-order valence-electron chi connectivity index (χ3n) is 1.91. The zero-order valence-corrected chi connectivity index (χ0v) is 8.79. The lowest BCUT2D eigenvalue weighted by Gasteiger charge is -2.03. The number of rotatable bonds is 0. The zero-order chi connectivity index (χ0) is 10.4. The Balaban J connectivity index is 2.56. The van der Waals surface area contributed by atoms with Crippen molar-refractivity contribution < 1.29 is 0 Å². The van der Waals surface area contributed by atoms with Crippen molar-refractivity contribution in [1.82, 2.24) is 19.6 Å². The standard InChI is InChI=1S/C8H3ClN4OS/c9-5-1-2-6-10-3-4-7(13(6)12-5)11-8(14)15-4/h1-3H. The van der Waals surface area contributed by atoms with Crippen molar-refractivity contribution in [2.75, 3.05) is 0 Å². The molecule has 2 aliphatic heterocycles. The fourth-order valence-electron chi connectivity index (χ4n) is 1.31. The molecule has 2 aliphatic rings. The van der Waals surface area contributed by atoms with Gasteiger partial charge in [-0.05, 0) is 12.1 Å². The lowest BCUT2D eigenvalue weighted by atomic mass is 10.4. The van der Waals surface area contributed by atoms with Crippen LogP contribution in [0.15, 0.2) is 23.1 Å². The Morgan fingerprint density at radius 1 is 1.40 bits per heavy atom. The summed E-state index contributed by atoms with van der Waals surface area (Å²) in [6.45, 7) is 0. The van der Waals surface area contributed by atoms with E-state index in [4.69, 9.17) is 11.6 Å². The van der Waals surface area contributed by atoms with Crippen LogP contribution in [0.4, 0.5) is 0 Å². The van der Waals surface area contributed by atoms with Gasteiger partial charge in [-0.1, -0.05) is 22.9 Å². The second-order valence-corrected chi connectivity index (χ2v) is 4.23. The highest BCUT2D eigenvalue weighted by Gasteiger charge is 2.13. The Bertz CT molecular complexity index is 676. The van der Waals surface area contributed by atoms with Crippen molar-refractivity contribution in [2.24, 2.45) is 0 Å². The van der Waals surface area contributed by atoms with Crippen LogP contribution in [0, 0.1) is 0 Å². The molecule has 0 unspecified atom stereocenters. The molecule has 0 bridgehead atoms. The molecule has 0 amide bonds. The number of fused-ring (bicyclic) bond motifs is 3. The van der Waals surface area contributed by atoms with Crippen molar-refractivity contribution in [3.05, 3.63) is 33.2 Å². The van der Waals surface area contributed by atoms with Crippen molar-refractivity contribution in [1.29, 1.82) is 0 Å². The van der Waals surface area contributed by atoms with Crippen LogP contribution in [-0.2, 0) is 0 Å². The maximum atomic E-state index is 11.1. The molecule has 3 rings (SSSR count). The van der Waals surface area contributed by atoms with E-state index in [0.717, 1.165) is 11.3 Å². The summed E-state index contributed by atoms with van der Waals surface area (Å²) < 4.78 is 1.47. The molecule has 0 aromatic carbocycles. The minimum atomic E-state index is -0.256. The summed E-state index contributed by atoms with van der Waals surface area (Å²) in [5.41, 5.74) is 0.609. The van der Waals surface area contributed by atoms with E-state index in [-0.39, 0.29) is 4.87 Å². The average molecular weight is 239 g/mol. The summed E-state index contributed by atoms with van der Waals surface area (Å²) in [6, 6.07) is 3.36. The Labute approximate surface area is 92.3 Å². The Hall–Kier alpha value is -1.53. The second kappa shape index (κ2) is 2.98. The first-order valence-electron chi connectivity index (χ1n) is 4.05. The van der Waals surface area contributed by atoms with E-state index in [1.54, 1.807) is 18.3 Å². The quantitative estimate of drug-likeness (QED) is 0.592. The minimum absolute atomic E-state index is 0.256. The first-order valence-corrected chi connectivity index (χ1v) is 5.25. The smallest absolute Gasteiger partial charge is 0.255 e. The van der Waals surface area contributed by atoms with E-state index in [1.165, 1.54) is 4.52 Å². The van der Waals surface area contributed by atoms with Crippen LogP contribution in [0.25, 0.3) is 16.3 Å². The Morgan fingerprint density at radius 2 is 2.27 bits per heavy atom. The van der Waals surface area contributed by atoms with Gasteiger partial charge in [-0.2, -0.15) is 14.6 Å². The van der Waals surface area contributed by atoms with Gasteiger partial charge in [0.25, 0.3) is 0 Å². The summed E-state index contributed by atoms with van der Waals surface area (Å²) >= 11 is 6.80. The monoisotopic (exact) mass is 238 g/mol. The van der Waals surface area contributed by atoms with E-state index in [9.17, 15) is 4.79 Å². The lowest BCUT2D eigenvalue weighted by Crippen LogP contribution is -2.03. The third kappa shape index (κ3) is 1.30. The van der Waals surface area contributed by atoms with Crippen LogP contribution >= 0.6 is 22.9 Å². The maximum Gasteiger partial charge on any atom is 0.329 e. The normalized spacial score (nSPS) is 11.3. The molecule has 1 aromatic heterocycles. The lowest BCUT2D eigenvalue weighted by molar-refractivity contribution is 0.889. The fraction of sp³-hybridized carbons (Fsp3) is 0. The molecular formula is C8H3ClN4OS. The van der Waals surface area contributed by atoms with Gasteiger partial charge in [0.15, 0.2) is 11.5 Å². The fourth-order valence-corrected chi connectivity index (χ4v) is 2.10. The molecule has 5 nitrogen and oxygen atoms in total. The van der Waals surface area contributed by atoms with E-state index >= 15 is 0 Å². The van der Waals surface area contributed by atoms with Crippen molar-refractivity contribution in [3.8, 4) is 10.7 Å². The molecule has 0 radical (unpaired) electrons. The number of hydrogen-bond acceptors (Lipinski definition) is 5. The molecule has 0 atom stereocenters. The molecule has 3 heterocycles. The number of hydrogen-bond donors (Lipinski definition) is 0. The van der Waals surface area contributed by atoms with Gasteiger partial charge in [0, 0.05) is 0 Å². The SMILES string of the molecule is O=c1nc2n3nc(Cl)ccc3ncc-2s1. The second-order valence-electron chi connectivity index (χ2n) is 2.85. The van der Waals surface area contributed by atoms with Gasteiger partial charge in [0.1, 0.15) is 5.15 Å². The molecule has 7 heteroatoms. The van der Waals surface area contributed by atoms with Gasteiger partial charge >= 0.3 is 4.87 Å². The predicted molar refractivity (Wildman–Crippen MR) is 56.6 cm³/mol. The maximum absolute atomic E-state index is 11.1. The van der Waals surface area contributed by atoms with Gasteiger partial charge in [-0.15, -0.1) is 0 Å². The number of thiazole rings is 1. The van der Waals surface area contributed by atoms with E-state index in [2.05, 4.69) is 15.1 Å². The highest BCUT2D eigenvalue weighted by Crippen LogP contribution is 2.21. The van der Waals surface area contributed by atoms with Crippen LogP contribution in [0.5, 0.6) is 0 Å². The van der Waals surface area contributed by atoms with Crippen molar-refractivity contribution in [2.45, 2.75) is 0 Å². The van der Waals surface area contributed by atoms with Crippen LogP contribution < -0.4 is 4.87 Å². The molecule has 0 fully saturated rings. The molecule has 0 N–H and O–H groups in total. The molecule has 1 aromatic rings. The molecule has 0 aliphatic carbocycles. The molecule has 0 saturated heterocycles. The number of nitrogens with zero attached hydrogens (tertiary/aromatic N) is 4. The summed E-state index contributed by atoms with van der Waals surface area (Å²) in [7, 11) is 0. The predicted octanol–water partition coefficient (Wildman–Crippen LogP) is 1.30. The van der Waals surface area contributed by atoms with E-state index in [0.29, 0.717) is 21.5 Å². The average Bonchev–Trinajstić information content (AvgIpc) is 2.58. The molecule has 0 saturated carbocycles. The zero-order valence-electron chi connectivity index (χ0n) is 7.22. The van der Waals surface area contributed by atoms with Gasteiger partial charge in [-0.25, -0.2) is 4.98 Å². The highest BCUT2D eigenvalue weighted by atomic mass is 35.5. The number of aromatic nitrogens is 4. The van der Waals surface area contributed by atoms with Crippen molar-refractivity contribution >= 4 is 28.6 Å². The summed E-state index contributed by atoms with van der Waals surface area (Å²) in [5, 5.41) is 4.38. The first-order chi connectivity index (χ1) is 7.24. The van der Waals surface area contributed by atoms with E-state index < -0.39 is 0 Å². The topological polar surface area (TPSA) is 60.2 Å². The molecule has 74 valence electrons. The van der Waals surface area contributed by atoms with Crippen LogP contribution in [-0.4, -0.2) is 19.6 Å². The first kappa shape index (κ1) is 8.75. The largest absolute Gasteiger partial charge is 0.329 e. The molecular weight excluding hydrogens is 236 g/mol. The molecule has 15 heavy (non-hydrogen) atoms. The van der Waals surface area contributed by atoms with Crippen LogP contribution in [0.3, 0.4) is 0 Å². The van der Waals surface area contributed by atoms with Gasteiger partial charge in [0.05, 0.1) is 11.1 Å².